The summed E-state index contributed by atoms with van der Waals surface area (Å²) in [5, 5.41) is 3.00. The Kier molecular flexibility index (Phi) is 8.03. The quantitative estimate of drug-likeness (QED) is 0.595. The lowest BCUT2D eigenvalue weighted by molar-refractivity contribution is -0.129. The molecule has 2 amide bonds. The smallest absolute Gasteiger partial charge is 0.263 e. The number of carbonyl (C=O) groups excluding carboxylic acids is 3. The molecule has 1 atom stereocenters. The highest BCUT2D eigenvalue weighted by molar-refractivity contribution is 6.02. The van der Waals surface area contributed by atoms with Gasteiger partial charge in [0.05, 0.1) is 12.2 Å². The second-order valence-electron chi connectivity index (χ2n) is 8.07. The monoisotopic (exact) mass is 436 g/mol. The van der Waals surface area contributed by atoms with Crippen molar-refractivity contribution in [3.63, 3.8) is 0 Å². The molecule has 1 N–H and O–H groups in total. The Morgan fingerprint density at radius 1 is 1.00 bits per heavy atom. The number of rotatable bonds is 9. The topological polar surface area (TPSA) is 75.7 Å². The van der Waals surface area contributed by atoms with E-state index in [1.54, 1.807) is 17.0 Å². The fourth-order valence-corrected chi connectivity index (χ4v) is 3.82. The van der Waals surface area contributed by atoms with Crippen molar-refractivity contribution in [2.45, 2.75) is 65.0 Å². The average molecular weight is 437 g/mol. The molecule has 6 nitrogen and oxygen atoms in total. The fraction of sp³-hybridized carbons (Fsp3) is 0.423. The van der Waals surface area contributed by atoms with E-state index >= 15 is 0 Å². The van der Waals surface area contributed by atoms with E-state index in [0.717, 1.165) is 19.3 Å². The van der Waals surface area contributed by atoms with Crippen molar-refractivity contribution in [3.05, 3.63) is 59.7 Å². The van der Waals surface area contributed by atoms with E-state index in [1.165, 1.54) is 5.56 Å². The minimum absolute atomic E-state index is 0.0643. The lowest BCUT2D eigenvalue weighted by Gasteiger charge is -2.34. The van der Waals surface area contributed by atoms with Crippen molar-refractivity contribution in [1.29, 1.82) is 0 Å². The van der Waals surface area contributed by atoms with Crippen LogP contribution in [0.25, 0.3) is 0 Å². The lowest BCUT2D eigenvalue weighted by Crippen LogP contribution is -2.52. The van der Waals surface area contributed by atoms with E-state index in [-0.39, 0.29) is 43.0 Å². The highest BCUT2D eigenvalue weighted by atomic mass is 16.5. The van der Waals surface area contributed by atoms with Crippen LogP contribution in [0.1, 0.15) is 62.4 Å². The normalized spacial score (nSPS) is 15.1. The van der Waals surface area contributed by atoms with E-state index in [9.17, 15) is 14.4 Å². The molecule has 0 saturated carbocycles. The number of carbonyl (C=O) groups is 3. The van der Waals surface area contributed by atoms with Crippen LogP contribution in [0.4, 0.5) is 5.69 Å². The van der Waals surface area contributed by atoms with Crippen LogP contribution in [0, 0.1) is 0 Å². The van der Waals surface area contributed by atoms with Crippen molar-refractivity contribution >= 4 is 23.3 Å². The molecule has 32 heavy (non-hydrogen) atoms. The Labute approximate surface area is 189 Å². The number of para-hydroxylation sites is 2. The Morgan fingerprint density at radius 3 is 2.34 bits per heavy atom. The van der Waals surface area contributed by atoms with E-state index < -0.39 is 6.10 Å². The minimum atomic E-state index is -0.785. The first-order valence-electron chi connectivity index (χ1n) is 11.4. The summed E-state index contributed by atoms with van der Waals surface area (Å²) in [6.07, 6.45) is 1.98. The number of nitrogens with one attached hydrogen (secondary N) is 1. The Morgan fingerprint density at radius 2 is 1.69 bits per heavy atom. The van der Waals surface area contributed by atoms with E-state index in [0.29, 0.717) is 17.0 Å². The van der Waals surface area contributed by atoms with Crippen molar-refractivity contribution in [3.8, 4) is 5.75 Å². The molecule has 6 heteroatoms. The maximum Gasteiger partial charge on any atom is 0.263 e. The predicted octanol–water partition coefficient (Wildman–Crippen LogP) is 4.31. The molecule has 0 fully saturated rings. The number of aryl methyl sites for hydroxylation is 1. The van der Waals surface area contributed by atoms with Crippen LogP contribution >= 0.6 is 0 Å². The van der Waals surface area contributed by atoms with E-state index in [4.69, 9.17) is 4.74 Å². The number of hydrogen-bond donors (Lipinski definition) is 1. The maximum absolute atomic E-state index is 13.1. The number of nitrogens with zero attached hydrogens (tertiary/aromatic N) is 1. The highest BCUT2D eigenvalue weighted by Crippen LogP contribution is 2.33. The second kappa shape index (κ2) is 10.9. The molecule has 0 bridgehead atoms. The molecule has 2 aromatic rings. The van der Waals surface area contributed by atoms with Gasteiger partial charge in [-0.3, -0.25) is 14.4 Å². The molecule has 1 unspecified atom stereocenters. The summed E-state index contributed by atoms with van der Waals surface area (Å²) < 4.78 is 5.91. The van der Waals surface area contributed by atoms with Crippen LogP contribution in [0.5, 0.6) is 5.75 Å². The van der Waals surface area contributed by atoms with Gasteiger partial charge >= 0.3 is 0 Å². The van der Waals surface area contributed by atoms with Gasteiger partial charge in [0.1, 0.15) is 5.75 Å². The first kappa shape index (κ1) is 23.5. The number of amides is 2. The van der Waals surface area contributed by atoms with Crippen LogP contribution in [-0.4, -0.2) is 36.3 Å². The third kappa shape index (κ3) is 5.55. The van der Waals surface area contributed by atoms with Crippen LogP contribution in [-0.2, 0) is 16.0 Å². The van der Waals surface area contributed by atoms with Gasteiger partial charge in [0.2, 0.25) is 5.91 Å². The zero-order valence-corrected chi connectivity index (χ0v) is 19.1. The number of fused-ring (bicyclic) bond motifs is 1. The average Bonchev–Trinajstić information content (AvgIpc) is 2.84. The minimum Gasteiger partial charge on any atom is -0.477 e. The molecule has 1 aliphatic rings. The molecule has 3 rings (SSSR count). The molecule has 1 heterocycles. The molecule has 0 radical (unpaired) electrons. The van der Waals surface area contributed by atoms with E-state index in [1.807, 2.05) is 50.2 Å². The SMILES string of the molecule is CCc1ccc(C(=O)CCC(=O)N2CC(C(=O)NC(CC)CC)Oc3ccccc32)cc1. The predicted molar refractivity (Wildman–Crippen MR) is 125 cm³/mol. The van der Waals surface area contributed by atoms with Gasteiger partial charge in [-0.1, -0.05) is 57.2 Å². The van der Waals surface area contributed by atoms with Crippen molar-refractivity contribution in [2.24, 2.45) is 0 Å². The van der Waals surface area contributed by atoms with Gasteiger partial charge in [0.25, 0.3) is 5.91 Å². The number of ketones is 1. The highest BCUT2D eigenvalue weighted by Gasteiger charge is 2.34. The number of Topliss-reactive ketones (excluding diaryl/α,β-unsaturated/α-hetero) is 1. The van der Waals surface area contributed by atoms with Crippen molar-refractivity contribution in [2.75, 3.05) is 11.4 Å². The van der Waals surface area contributed by atoms with Gasteiger partial charge in [0.15, 0.2) is 11.9 Å². The summed E-state index contributed by atoms with van der Waals surface area (Å²) in [5.74, 6) is 0.0153. The summed E-state index contributed by atoms with van der Waals surface area (Å²) in [5.41, 5.74) is 2.41. The molecule has 2 aromatic carbocycles. The Hall–Kier alpha value is -3.15. The third-order valence-electron chi connectivity index (χ3n) is 5.95. The van der Waals surface area contributed by atoms with Gasteiger partial charge in [0, 0.05) is 24.4 Å². The summed E-state index contributed by atoms with van der Waals surface area (Å²) in [7, 11) is 0. The number of benzene rings is 2. The molecule has 0 aromatic heterocycles. The summed E-state index contributed by atoms with van der Waals surface area (Å²) in [6, 6.07) is 14.8. The van der Waals surface area contributed by atoms with Crippen LogP contribution < -0.4 is 15.0 Å². The summed E-state index contributed by atoms with van der Waals surface area (Å²) >= 11 is 0. The standard InChI is InChI=1S/C26H32N2O4/c1-4-18-11-13-19(14-12-18)22(29)15-16-25(30)28-17-24(26(31)27-20(5-2)6-3)32-23-10-8-7-9-21(23)28/h7-14,20,24H,4-6,15-17H2,1-3H3,(H,27,31). The molecule has 0 aliphatic carbocycles. The second-order valence-corrected chi connectivity index (χ2v) is 8.07. The maximum atomic E-state index is 13.1. The molecular formula is C26H32N2O4. The number of hydrogen-bond acceptors (Lipinski definition) is 4. The third-order valence-corrected chi connectivity index (χ3v) is 5.95. The number of ether oxygens (including phenoxy) is 1. The largest absolute Gasteiger partial charge is 0.477 e. The molecule has 170 valence electrons. The molecular weight excluding hydrogens is 404 g/mol. The Bertz CT molecular complexity index is 951. The Balaban J connectivity index is 1.69. The van der Waals surface area contributed by atoms with Gasteiger partial charge in [-0.05, 0) is 37.0 Å². The first-order valence-corrected chi connectivity index (χ1v) is 11.4. The van der Waals surface area contributed by atoms with Gasteiger partial charge in [-0.25, -0.2) is 0 Å². The fourth-order valence-electron chi connectivity index (χ4n) is 3.82. The number of anilines is 1. The molecule has 0 spiro atoms. The van der Waals surface area contributed by atoms with Crippen LogP contribution in [0.15, 0.2) is 48.5 Å². The zero-order valence-electron chi connectivity index (χ0n) is 19.1. The first-order chi connectivity index (χ1) is 15.5. The summed E-state index contributed by atoms with van der Waals surface area (Å²) in [4.78, 5) is 40.0. The lowest BCUT2D eigenvalue weighted by atomic mass is 10.0. The van der Waals surface area contributed by atoms with Gasteiger partial charge in [-0.15, -0.1) is 0 Å². The van der Waals surface area contributed by atoms with Crippen molar-refractivity contribution < 1.29 is 19.1 Å². The van der Waals surface area contributed by atoms with Gasteiger partial charge in [-0.2, -0.15) is 0 Å². The van der Waals surface area contributed by atoms with Crippen LogP contribution in [0.2, 0.25) is 0 Å². The zero-order chi connectivity index (χ0) is 23.1. The van der Waals surface area contributed by atoms with Crippen LogP contribution in [0.3, 0.4) is 0 Å². The van der Waals surface area contributed by atoms with Crippen molar-refractivity contribution in [1.82, 2.24) is 5.32 Å². The van der Waals surface area contributed by atoms with Gasteiger partial charge < -0.3 is 15.0 Å². The summed E-state index contributed by atoms with van der Waals surface area (Å²) in [6.45, 7) is 6.23. The molecule has 1 aliphatic heterocycles. The van der Waals surface area contributed by atoms with E-state index in [2.05, 4.69) is 12.2 Å². The molecule has 0 saturated heterocycles.